The number of methoxy groups -OCH3 is 1. The molecule has 1 aromatic heterocycles. The lowest BCUT2D eigenvalue weighted by Crippen LogP contribution is -2.12. The molecule has 0 aliphatic rings. The van der Waals surface area contributed by atoms with Gasteiger partial charge >= 0.3 is 0 Å². The lowest BCUT2D eigenvalue weighted by Gasteiger charge is -2.04. The first kappa shape index (κ1) is 12.6. The summed E-state index contributed by atoms with van der Waals surface area (Å²) in [5.74, 6) is -1.04. The number of aromatic nitrogens is 1. The molecule has 0 saturated carbocycles. The third-order valence-electron chi connectivity index (χ3n) is 2.10. The van der Waals surface area contributed by atoms with Crippen LogP contribution in [0.2, 0.25) is 0 Å². The molecule has 0 aliphatic heterocycles. The summed E-state index contributed by atoms with van der Waals surface area (Å²) in [5.41, 5.74) is 0.0542. The minimum absolute atomic E-state index is 0.0542. The van der Waals surface area contributed by atoms with Gasteiger partial charge in [0.2, 0.25) is 5.76 Å². The summed E-state index contributed by atoms with van der Waals surface area (Å²) in [7, 11) is 1.40. The number of carbonyl (C=O) groups excluding carboxylic acids is 1. The number of halogens is 2. The Bertz CT molecular complexity index is 585. The largest absolute Gasteiger partial charge is 0.479 e. The Kier molecular flexibility index (Phi) is 3.61. The van der Waals surface area contributed by atoms with Crippen molar-refractivity contribution in [3.05, 3.63) is 40.3 Å². The van der Waals surface area contributed by atoms with Crippen molar-refractivity contribution in [2.45, 2.75) is 0 Å². The van der Waals surface area contributed by atoms with Gasteiger partial charge in [0.25, 0.3) is 11.8 Å². The predicted octanol–water partition coefficient (Wildman–Crippen LogP) is 2.84. The lowest BCUT2D eigenvalue weighted by molar-refractivity contribution is 0.0987. The lowest BCUT2D eigenvalue weighted by atomic mass is 10.3. The van der Waals surface area contributed by atoms with Gasteiger partial charge in [-0.1, -0.05) is 15.9 Å². The number of nitrogens with zero attached hydrogens (tertiary/aromatic N) is 1. The Labute approximate surface area is 110 Å². The summed E-state index contributed by atoms with van der Waals surface area (Å²) in [6.45, 7) is 0. The summed E-state index contributed by atoms with van der Waals surface area (Å²) in [5, 5.41) is 5.84. The van der Waals surface area contributed by atoms with E-state index >= 15 is 0 Å². The van der Waals surface area contributed by atoms with Gasteiger partial charge in [0.15, 0.2) is 0 Å². The van der Waals surface area contributed by atoms with E-state index in [2.05, 4.69) is 26.4 Å². The molecule has 0 aliphatic carbocycles. The summed E-state index contributed by atoms with van der Waals surface area (Å²) in [4.78, 5) is 11.7. The fourth-order valence-electron chi connectivity index (χ4n) is 1.24. The van der Waals surface area contributed by atoms with Crippen molar-refractivity contribution in [3.8, 4) is 5.88 Å². The van der Waals surface area contributed by atoms with Crippen LogP contribution >= 0.6 is 15.9 Å². The van der Waals surface area contributed by atoms with E-state index in [4.69, 9.17) is 9.26 Å². The Hall–Kier alpha value is -1.89. The van der Waals surface area contributed by atoms with Gasteiger partial charge in [-0.2, -0.15) is 0 Å². The van der Waals surface area contributed by atoms with Gasteiger partial charge in [-0.25, -0.2) is 4.39 Å². The number of carbonyl (C=O) groups is 1. The zero-order valence-electron chi connectivity index (χ0n) is 9.24. The van der Waals surface area contributed by atoms with E-state index in [1.807, 2.05) is 0 Å². The van der Waals surface area contributed by atoms with Crippen LogP contribution in [-0.2, 0) is 0 Å². The van der Waals surface area contributed by atoms with Crippen LogP contribution in [0.25, 0.3) is 0 Å². The molecule has 0 radical (unpaired) electrons. The monoisotopic (exact) mass is 314 g/mol. The third kappa shape index (κ3) is 2.67. The van der Waals surface area contributed by atoms with Crippen molar-refractivity contribution in [2.75, 3.05) is 12.4 Å². The van der Waals surface area contributed by atoms with Crippen LogP contribution in [0.5, 0.6) is 5.88 Å². The molecule has 94 valence electrons. The van der Waals surface area contributed by atoms with E-state index in [1.165, 1.54) is 25.3 Å². The second kappa shape index (κ2) is 5.18. The zero-order valence-corrected chi connectivity index (χ0v) is 10.8. The van der Waals surface area contributed by atoms with Gasteiger partial charge in [0.05, 0.1) is 18.9 Å². The SMILES string of the molecule is COc1cc(C(=O)Nc2ccc(Br)cc2F)on1. The zero-order chi connectivity index (χ0) is 13.1. The predicted molar refractivity (Wildman–Crippen MR) is 65.1 cm³/mol. The molecule has 1 aromatic carbocycles. The minimum atomic E-state index is -0.605. The van der Waals surface area contributed by atoms with Crippen LogP contribution in [0.3, 0.4) is 0 Å². The van der Waals surface area contributed by atoms with Crippen LogP contribution in [0.15, 0.2) is 33.3 Å². The molecule has 0 fully saturated rings. The maximum Gasteiger partial charge on any atom is 0.294 e. The number of amides is 1. The highest BCUT2D eigenvalue weighted by Gasteiger charge is 2.15. The van der Waals surface area contributed by atoms with E-state index in [0.29, 0.717) is 4.47 Å². The summed E-state index contributed by atoms with van der Waals surface area (Å²) in [6, 6.07) is 5.60. The Balaban J connectivity index is 2.16. The molecular weight excluding hydrogens is 307 g/mol. The van der Waals surface area contributed by atoms with E-state index in [0.717, 1.165) is 0 Å². The van der Waals surface area contributed by atoms with Crippen LogP contribution in [0, 0.1) is 5.82 Å². The average molecular weight is 315 g/mol. The standard InChI is InChI=1S/C11H8BrFN2O3/c1-17-10-5-9(18-15-10)11(16)14-8-3-2-6(12)4-7(8)13/h2-5H,1H3,(H,14,16). The average Bonchev–Trinajstić information content (AvgIpc) is 2.81. The second-order valence-electron chi connectivity index (χ2n) is 3.31. The van der Waals surface area contributed by atoms with Gasteiger partial charge in [0.1, 0.15) is 5.82 Å². The maximum absolute atomic E-state index is 13.5. The number of hydrogen-bond acceptors (Lipinski definition) is 4. The number of anilines is 1. The van der Waals surface area contributed by atoms with E-state index in [9.17, 15) is 9.18 Å². The van der Waals surface area contributed by atoms with Crippen molar-refractivity contribution >= 4 is 27.5 Å². The highest BCUT2D eigenvalue weighted by molar-refractivity contribution is 9.10. The molecule has 18 heavy (non-hydrogen) atoms. The van der Waals surface area contributed by atoms with Gasteiger partial charge in [0, 0.05) is 4.47 Å². The van der Waals surface area contributed by atoms with Crippen molar-refractivity contribution in [2.24, 2.45) is 0 Å². The van der Waals surface area contributed by atoms with E-state index < -0.39 is 11.7 Å². The second-order valence-corrected chi connectivity index (χ2v) is 4.23. The number of ether oxygens (including phenoxy) is 1. The van der Waals surface area contributed by atoms with Crippen molar-refractivity contribution in [3.63, 3.8) is 0 Å². The first-order valence-corrected chi connectivity index (χ1v) is 5.66. The van der Waals surface area contributed by atoms with Gasteiger partial charge in [-0.05, 0) is 23.4 Å². The summed E-state index contributed by atoms with van der Waals surface area (Å²) >= 11 is 3.12. The first-order valence-electron chi connectivity index (χ1n) is 4.87. The normalized spacial score (nSPS) is 10.2. The molecule has 5 nitrogen and oxygen atoms in total. The van der Waals surface area contributed by atoms with Gasteiger partial charge < -0.3 is 14.6 Å². The molecule has 0 atom stereocenters. The summed E-state index contributed by atoms with van der Waals surface area (Å²) in [6.07, 6.45) is 0. The highest BCUT2D eigenvalue weighted by Crippen LogP contribution is 2.20. The molecule has 1 heterocycles. The highest BCUT2D eigenvalue weighted by atomic mass is 79.9. The van der Waals surface area contributed by atoms with E-state index in [1.54, 1.807) is 6.07 Å². The molecule has 0 saturated heterocycles. The van der Waals surface area contributed by atoms with Crippen LogP contribution in [-0.4, -0.2) is 18.2 Å². The maximum atomic E-state index is 13.5. The van der Waals surface area contributed by atoms with Crippen LogP contribution in [0.4, 0.5) is 10.1 Å². The topological polar surface area (TPSA) is 64.4 Å². The molecule has 1 amide bonds. The van der Waals surface area contributed by atoms with E-state index in [-0.39, 0.29) is 17.3 Å². The molecule has 2 rings (SSSR count). The van der Waals surface area contributed by atoms with Crippen molar-refractivity contribution in [1.82, 2.24) is 5.16 Å². The molecule has 7 heteroatoms. The molecule has 1 N–H and O–H groups in total. The first-order chi connectivity index (χ1) is 8.60. The Morgan fingerprint density at radius 3 is 2.89 bits per heavy atom. The summed E-state index contributed by atoms with van der Waals surface area (Å²) < 4.78 is 23.6. The number of nitrogens with one attached hydrogen (secondary N) is 1. The molecule has 2 aromatic rings. The molecule has 0 unspecified atom stereocenters. The smallest absolute Gasteiger partial charge is 0.294 e. The number of hydrogen-bond donors (Lipinski definition) is 1. The molecule has 0 spiro atoms. The van der Waals surface area contributed by atoms with Crippen molar-refractivity contribution in [1.29, 1.82) is 0 Å². The fraction of sp³-hybridized carbons (Fsp3) is 0.0909. The third-order valence-corrected chi connectivity index (χ3v) is 2.59. The Morgan fingerprint density at radius 1 is 1.50 bits per heavy atom. The minimum Gasteiger partial charge on any atom is -0.479 e. The number of benzene rings is 1. The number of rotatable bonds is 3. The van der Waals surface area contributed by atoms with Gasteiger partial charge in [-0.15, -0.1) is 0 Å². The van der Waals surface area contributed by atoms with Gasteiger partial charge in [-0.3, -0.25) is 4.79 Å². The molecule has 0 bridgehead atoms. The Morgan fingerprint density at radius 2 is 2.28 bits per heavy atom. The van der Waals surface area contributed by atoms with Crippen LogP contribution < -0.4 is 10.1 Å². The quantitative estimate of drug-likeness (QED) is 0.946. The van der Waals surface area contributed by atoms with Crippen LogP contribution in [0.1, 0.15) is 10.6 Å². The van der Waals surface area contributed by atoms with Crippen molar-refractivity contribution < 1.29 is 18.4 Å². The fourth-order valence-corrected chi connectivity index (χ4v) is 1.57. The molecular formula is C11H8BrFN2O3.